The van der Waals surface area contributed by atoms with Crippen LogP contribution in [0.15, 0.2) is 59.6 Å². The monoisotopic (exact) mass is 530 g/mol. The summed E-state index contributed by atoms with van der Waals surface area (Å²) in [7, 11) is 5.25. The van der Waals surface area contributed by atoms with Gasteiger partial charge < -0.3 is 30.1 Å². The number of aliphatic hydroxyl groups is 1. The SMILES string of the molecule is CNC(C)C(=O)Nc1cc(CO)cc(COc2cc(N=CC3Cc4ccccc4N3C)c(C=O)cc2OC)c1. The highest BCUT2D eigenvalue weighted by atomic mass is 16.5. The third kappa shape index (κ3) is 6.45. The van der Waals surface area contributed by atoms with Crippen LogP contribution < -0.4 is 25.0 Å². The number of fused-ring (bicyclic) bond motifs is 1. The van der Waals surface area contributed by atoms with Crippen molar-refractivity contribution in [2.75, 3.05) is 31.4 Å². The lowest BCUT2D eigenvalue weighted by molar-refractivity contribution is -0.117. The molecular weight excluding hydrogens is 496 g/mol. The first-order valence-corrected chi connectivity index (χ1v) is 12.7. The van der Waals surface area contributed by atoms with Crippen molar-refractivity contribution >= 4 is 35.5 Å². The van der Waals surface area contributed by atoms with Gasteiger partial charge in [0.05, 0.1) is 31.5 Å². The average Bonchev–Trinajstić information content (AvgIpc) is 3.29. The normalized spacial score (nSPS) is 15.2. The van der Waals surface area contributed by atoms with Crippen LogP contribution in [0.25, 0.3) is 0 Å². The lowest BCUT2D eigenvalue weighted by atomic mass is 10.1. The highest BCUT2D eigenvalue weighted by Gasteiger charge is 2.24. The molecule has 0 aliphatic carbocycles. The van der Waals surface area contributed by atoms with Crippen LogP contribution in [0.2, 0.25) is 0 Å². The molecule has 39 heavy (non-hydrogen) atoms. The number of anilines is 2. The lowest BCUT2D eigenvalue weighted by Gasteiger charge is -2.19. The van der Waals surface area contributed by atoms with Crippen LogP contribution in [0, 0.1) is 0 Å². The van der Waals surface area contributed by atoms with Crippen molar-refractivity contribution in [3.8, 4) is 11.5 Å². The smallest absolute Gasteiger partial charge is 0.241 e. The molecule has 9 nitrogen and oxygen atoms in total. The van der Waals surface area contributed by atoms with Crippen molar-refractivity contribution in [1.29, 1.82) is 0 Å². The van der Waals surface area contributed by atoms with Gasteiger partial charge in [-0.3, -0.25) is 14.6 Å². The third-order valence-corrected chi connectivity index (χ3v) is 6.85. The molecule has 2 atom stereocenters. The molecule has 1 aliphatic rings. The van der Waals surface area contributed by atoms with Crippen molar-refractivity contribution in [3.63, 3.8) is 0 Å². The van der Waals surface area contributed by atoms with Gasteiger partial charge in [-0.15, -0.1) is 0 Å². The zero-order chi connectivity index (χ0) is 27.9. The fraction of sp³-hybridized carbons (Fsp3) is 0.300. The van der Waals surface area contributed by atoms with Gasteiger partial charge in [-0.05, 0) is 67.4 Å². The number of amides is 1. The standard InChI is InChI=1S/C30H34N4O5/c1-19(31-2)30(37)33-24-10-20(16-35)9-21(11-24)18-39-29-14-26(23(17-36)13-28(29)38-4)32-15-25-12-22-7-5-6-8-27(22)34(25)3/h5-11,13-15,17,19,25,31,35H,12,16,18H2,1-4H3,(H,33,37). The lowest BCUT2D eigenvalue weighted by Crippen LogP contribution is -2.35. The molecule has 3 aromatic carbocycles. The number of hydrogen-bond acceptors (Lipinski definition) is 8. The molecular formula is C30H34N4O5. The van der Waals surface area contributed by atoms with Crippen LogP contribution in [0.3, 0.4) is 0 Å². The molecule has 1 heterocycles. The Balaban J connectivity index is 1.55. The van der Waals surface area contributed by atoms with Crippen LogP contribution >= 0.6 is 0 Å². The van der Waals surface area contributed by atoms with E-state index < -0.39 is 0 Å². The summed E-state index contributed by atoms with van der Waals surface area (Å²) in [5, 5.41) is 15.5. The van der Waals surface area contributed by atoms with Gasteiger partial charge in [0, 0.05) is 36.3 Å². The summed E-state index contributed by atoms with van der Waals surface area (Å²) in [6.45, 7) is 1.71. The minimum atomic E-state index is -0.375. The zero-order valence-corrected chi connectivity index (χ0v) is 22.6. The predicted molar refractivity (Wildman–Crippen MR) is 153 cm³/mol. The van der Waals surface area contributed by atoms with Crippen LogP contribution in [0.1, 0.15) is 34.0 Å². The molecule has 3 N–H and O–H groups in total. The van der Waals surface area contributed by atoms with E-state index in [4.69, 9.17) is 9.47 Å². The van der Waals surface area contributed by atoms with Gasteiger partial charge in [-0.25, -0.2) is 0 Å². The van der Waals surface area contributed by atoms with E-state index in [1.807, 2.05) is 25.4 Å². The van der Waals surface area contributed by atoms with Gasteiger partial charge in [0.1, 0.15) is 6.61 Å². The number of para-hydroxylation sites is 1. The number of carbonyl (C=O) groups excluding carboxylic acids is 2. The molecule has 0 fully saturated rings. The molecule has 204 valence electrons. The maximum absolute atomic E-state index is 12.3. The summed E-state index contributed by atoms with van der Waals surface area (Å²) in [5.41, 5.74) is 5.23. The predicted octanol–water partition coefficient (Wildman–Crippen LogP) is 3.89. The van der Waals surface area contributed by atoms with Gasteiger partial charge in [0.15, 0.2) is 17.8 Å². The zero-order valence-electron chi connectivity index (χ0n) is 22.6. The molecule has 0 bridgehead atoms. The number of benzene rings is 3. The Morgan fingerprint density at radius 3 is 2.64 bits per heavy atom. The van der Waals surface area contributed by atoms with Crippen molar-refractivity contribution in [2.45, 2.75) is 38.6 Å². The number of aliphatic imine (C=N–C) groups is 1. The van der Waals surface area contributed by atoms with Crippen molar-refractivity contribution in [3.05, 3.63) is 76.9 Å². The summed E-state index contributed by atoms with van der Waals surface area (Å²) < 4.78 is 11.6. The quantitative estimate of drug-likeness (QED) is 0.255. The molecule has 9 heteroatoms. The number of methoxy groups -OCH3 is 1. The average molecular weight is 531 g/mol. The number of rotatable bonds is 11. The minimum absolute atomic E-state index is 0.0638. The highest BCUT2D eigenvalue weighted by molar-refractivity contribution is 5.94. The Labute approximate surface area is 228 Å². The van der Waals surface area contributed by atoms with E-state index in [2.05, 4.69) is 32.7 Å². The molecule has 4 rings (SSSR count). The molecule has 0 spiro atoms. The van der Waals surface area contributed by atoms with Crippen LogP contribution in [-0.4, -0.2) is 56.8 Å². The summed E-state index contributed by atoms with van der Waals surface area (Å²) in [6.07, 6.45) is 3.43. The first-order chi connectivity index (χ1) is 18.9. The fourth-order valence-corrected chi connectivity index (χ4v) is 4.48. The number of carbonyl (C=O) groups is 2. The molecule has 1 amide bonds. The second-order valence-corrected chi connectivity index (χ2v) is 9.45. The molecule has 3 aromatic rings. The van der Waals surface area contributed by atoms with Crippen LogP contribution in [-0.2, 0) is 24.4 Å². The van der Waals surface area contributed by atoms with E-state index in [1.165, 1.54) is 18.4 Å². The minimum Gasteiger partial charge on any atom is -0.493 e. The molecule has 0 saturated heterocycles. The van der Waals surface area contributed by atoms with E-state index in [0.29, 0.717) is 34.0 Å². The maximum atomic E-state index is 12.3. The van der Waals surface area contributed by atoms with E-state index >= 15 is 0 Å². The van der Waals surface area contributed by atoms with Crippen LogP contribution in [0.4, 0.5) is 17.1 Å². The van der Waals surface area contributed by atoms with E-state index in [0.717, 1.165) is 18.3 Å². The molecule has 0 saturated carbocycles. The maximum Gasteiger partial charge on any atom is 0.241 e. The molecule has 2 unspecified atom stereocenters. The topological polar surface area (TPSA) is 112 Å². The Kier molecular flexibility index (Phi) is 8.96. The largest absolute Gasteiger partial charge is 0.493 e. The number of aliphatic hydroxyl groups excluding tert-OH is 1. The number of aldehydes is 1. The Morgan fingerprint density at radius 2 is 1.95 bits per heavy atom. The van der Waals surface area contributed by atoms with Crippen LogP contribution in [0.5, 0.6) is 11.5 Å². The van der Waals surface area contributed by atoms with Crippen molar-refractivity contribution < 1.29 is 24.2 Å². The summed E-state index contributed by atoms with van der Waals surface area (Å²) in [6, 6.07) is 16.5. The van der Waals surface area contributed by atoms with Gasteiger partial charge in [0.25, 0.3) is 0 Å². The summed E-state index contributed by atoms with van der Waals surface area (Å²) >= 11 is 0. The number of likely N-dealkylation sites (N-methyl/N-ethyl adjacent to an activating group) is 2. The first-order valence-electron chi connectivity index (χ1n) is 12.7. The second kappa shape index (κ2) is 12.6. The molecule has 1 aliphatic heterocycles. The highest BCUT2D eigenvalue weighted by Crippen LogP contribution is 2.36. The Hall–Kier alpha value is -4.21. The summed E-state index contributed by atoms with van der Waals surface area (Å²) in [4.78, 5) is 31.0. The number of nitrogens with zero attached hydrogens (tertiary/aromatic N) is 2. The first kappa shape index (κ1) is 27.8. The van der Waals surface area contributed by atoms with Gasteiger partial charge in [0.2, 0.25) is 5.91 Å². The number of hydrogen-bond donors (Lipinski definition) is 3. The van der Waals surface area contributed by atoms with Gasteiger partial charge in [-0.2, -0.15) is 0 Å². The molecule has 0 radical (unpaired) electrons. The Morgan fingerprint density at radius 1 is 1.18 bits per heavy atom. The number of ether oxygens (including phenoxy) is 2. The molecule has 0 aromatic heterocycles. The van der Waals surface area contributed by atoms with Gasteiger partial charge >= 0.3 is 0 Å². The number of nitrogens with one attached hydrogen (secondary N) is 2. The third-order valence-electron chi connectivity index (χ3n) is 6.85. The summed E-state index contributed by atoms with van der Waals surface area (Å²) in [5.74, 6) is 0.627. The second-order valence-electron chi connectivity index (χ2n) is 9.45. The van der Waals surface area contributed by atoms with Gasteiger partial charge in [-0.1, -0.05) is 18.2 Å². The van der Waals surface area contributed by atoms with E-state index in [1.54, 1.807) is 44.3 Å². The van der Waals surface area contributed by atoms with Crippen molar-refractivity contribution in [2.24, 2.45) is 4.99 Å². The van der Waals surface area contributed by atoms with E-state index in [-0.39, 0.29) is 31.2 Å². The fourth-order valence-electron chi connectivity index (χ4n) is 4.48. The van der Waals surface area contributed by atoms with Crippen molar-refractivity contribution in [1.82, 2.24) is 5.32 Å². The van der Waals surface area contributed by atoms with E-state index in [9.17, 15) is 14.7 Å². The Bertz CT molecular complexity index is 1370.